The number of esters is 1. The minimum Gasteiger partial charge on any atom is -0.486 e. The summed E-state index contributed by atoms with van der Waals surface area (Å²) in [4.78, 5) is 24.0. The fourth-order valence-corrected chi connectivity index (χ4v) is 2.57. The number of hydrogen-bond acceptors (Lipinski definition) is 5. The van der Waals surface area contributed by atoms with Crippen LogP contribution in [-0.4, -0.2) is 18.5 Å². The molecule has 28 heavy (non-hydrogen) atoms. The molecule has 8 heteroatoms. The molecule has 1 aromatic heterocycles. The van der Waals surface area contributed by atoms with Crippen LogP contribution in [0.2, 0.25) is 10.0 Å². The fraction of sp³-hybridized carbons (Fsp3) is 0.100. The van der Waals surface area contributed by atoms with Crippen molar-refractivity contribution in [1.29, 1.82) is 0 Å². The normalized spacial score (nSPS) is 10.4. The molecule has 0 fully saturated rings. The summed E-state index contributed by atoms with van der Waals surface area (Å²) in [5.41, 5.74) is 0.327. The monoisotopic (exact) mass is 419 g/mol. The van der Waals surface area contributed by atoms with E-state index in [0.29, 0.717) is 22.2 Å². The van der Waals surface area contributed by atoms with Gasteiger partial charge in [-0.3, -0.25) is 4.79 Å². The van der Waals surface area contributed by atoms with E-state index in [4.69, 9.17) is 37.1 Å². The molecule has 1 N–H and O–H groups in total. The van der Waals surface area contributed by atoms with Gasteiger partial charge >= 0.3 is 5.97 Å². The molecule has 6 nitrogen and oxygen atoms in total. The number of para-hydroxylation sites is 1. The quantitative estimate of drug-likeness (QED) is 0.547. The Bertz CT molecular complexity index is 972. The number of benzene rings is 2. The maximum absolute atomic E-state index is 12.0. The number of carbonyl (C=O) groups excluding carboxylic acids is 2. The summed E-state index contributed by atoms with van der Waals surface area (Å²) >= 11 is 11.9. The number of halogens is 2. The highest BCUT2D eigenvalue weighted by atomic mass is 35.5. The molecule has 0 atom stereocenters. The lowest BCUT2D eigenvalue weighted by atomic mass is 10.3. The maximum atomic E-state index is 12.0. The Morgan fingerprint density at radius 3 is 2.54 bits per heavy atom. The van der Waals surface area contributed by atoms with E-state index in [-0.39, 0.29) is 17.4 Å². The standard InChI is InChI=1S/C20H15Cl2NO5/c21-15-7-4-8-16(19(15)22)23-18(24)12-27-20(25)17-10-9-14(28-17)11-26-13-5-2-1-3-6-13/h1-10H,11-12H2,(H,23,24). The first kappa shape index (κ1) is 19.8. The van der Waals surface area contributed by atoms with Gasteiger partial charge in [0.05, 0.1) is 15.7 Å². The lowest BCUT2D eigenvalue weighted by Gasteiger charge is -2.08. The van der Waals surface area contributed by atoms with Gasteiger partial charge in [-0.15, -0.1) is 0 Å². The van der Waals surface area contributed by atoms with Gasteiger partial charge in [0.25, 0.3) is 5.91 Å². The number of hydrogen-bond donors (Lipinski definition) is 1. The van der Waals surface area contributed by atoms with E-state index in [1.54, 1.807) is 24.3 Å². The minimum atomic E-state index is -0.765. The highest BCUT2D eigenvalue weighted by molar-refractivity contribution is 6.44. The minimum absolute atomic E-state index is 0.0275. The lowest BCUT2D eigenvalue weighted by Crippen LogP contribution is -2.21. The lowest BCUT2D eigenvalue weighted by molar-refractivity contribution is -0.119. The van der Waals surface area contributed by atoms with Crippen molar-refractivity contribution in [3.05, 3.63) is 82.2 Å². The summed E-state index contributed by atoms with van der Waals surface area (Å²) in [6.45, 7) is -0.344. The van der Waals surface area contributed by atoms with Crippen molar-refractivity contribution in [2.75, 3.05) is 11.9 Å². The fourth-order valence-electron chi connectivity index (χ4n) is 2.23. The van der Waals surface area contributed by atoms with Crippen LogP contribution in [0, 0.1) is 0 Å². The Hall–Kier alpha value is -2.96. The number of carbonyl (C=O) groups is 2. The van der Waals surface area contributed by atoms with E-state index in [0.717, 1.165) is 0 Å². The third kappa shape index (κ3) is 5.28. The summed E-state index contributed by atoms with van der Waals surface area (Å²) < 4.78 is 15.9. The van der Waals surface area contributed by atoms with Gasteiger partial charge in [-0.1, -0.05) is 47.5 Å². The van der Waals surface area contributed by atoms with Crippen molar-refractivity contribution in [3.63, 3.8) is 0 Å². The van der Waals surface area contributed by atoms with Crippen LogP contribution in [0.4, 0.5) is 5.69 Å². The number of rotatable bonds is 7. The predicted octanol–water partition coefficient (Wildman–Crippen LogP) is 4.96. The highest BCUT2D eigenvalue weighted by Crippen LogP contribution is 2.29. The largest absolute Gasteiger partial charge is 0.486 e. The Morgan fingerprint density at radius 1 is 0.964 bits per heavy atom. The molecule has 0 bridgehead atoms. The first-order valence-electron chi connectivity index (χ1n) is 8.20. The highest BCUT2D eigenvalue weighted by Gasteiger charge is 2.16. The van der Waals surface area contributed by atoms with Crippen LogP contribution in [0.5, 0.6) is 5.75 Å². The molecule has 3 rings (SSSR count). The van der Waals surface area contributed by atoms with Crippen LogP contribution in [0.3, 0.4) is 0 Å². The van der Waals surface area contributed by atoms with Crippen LogP contribution in [-0.2, 0) is 16.1 Å². The third-order valence-corrected chi connectivity index (χ3v) is 4.37. The summed E-state index contributed by atoms with van der Waals surface area (Å²) in [5.74, 6) is -0.222. The van der Waals surface area contributed by atoms with Crippen molar-refractivity contribution in [3.8, 4) is 5.75 Å². The van der Waals surface area contributed by atoms with E-state index in [1.165, 1.54) is 6.07 Å². The van der Waals surface area contributed by atoms with E-state index in [9.17, 15) is 9.59 Å². The van der Waals surface area contributed by atoms with E-state index in [1.807, 2.05) is 30.3 Å². The SMILES string of the molecule is O=C(COC(=O)c1ccc(COc2ccccc2)o1)Nc1cccc(Cl)c1Cl. The maximum Gasteiger partial charge on any atom is 0.374 e. The molecule has 0 saturated carbocycles. The van der Waals surface area contributed by atoms with Crippen LogP contribution in [0.25, 0.3) is 0 Å². The topological polar surface area (TPSA) is 77.8 Å². The smallest absolute Gasteiger partial charge is 0.374 e. The molecular weight excluding hydrogens is 405 g/mol. The number of anilines is 1. The third-order valence-electron chi connectivity index (χ3n) is 3.55. The average Bonchev–Trinajstić information content (AvgIpc) is 3.18. The van der Waals surface area contributed by atoms with Crippen LogP contribution in [0.1, 0.15) is 16.3 Å². The Morgan fingerprint density at radius 2 is 1.75 bits per heavy atom. The predicted molar refractivity (Wildman–Crippen MR) is 105 cm³/mol. The summed E-state index contributed by atoms with van der Waals surface area (Å²) in [7, 11) is 0. The molecule has 0 saturated heterocycles. The molecule has 0 aliphatic heterocycles. The molecule has 0 spiro atoms. The van der Waals surface area contributed by atoms with Gasteiger partial charge < -0.3 is 19.2 Å². The zero-order valence-corrected chi connectivity index (χ0v) is 16.0. The van der Waals surface area contributed by atoms with Crippen LogP contribution in [0.15, 0.2) is 65.1 Å². The van der Waals surface area contributed by atoms with Gasteiger partial charge in [0.15, 0.2) is 6.61 Å². The van der Waals surface area contributed by atoms with Crippen molar-refractivity contribution >= 4 is 40.8 Å². The molecule has 1 amide bonds. The Balaban J connectivity index is 1.49. The molecular formula is C20H15Cl2NO5. The van der Waals surface area contributed by atoms with Crippen molar-refractivity contribution in [2.24, 2.45) is 0 Å². The summed E-state index contributed by atoms with van der Waals surface area (Å²) in [6, 6.07) is 17.1. The van der Waals surface area contributed by atoms with Gasteiger partial charge in [0, 0.05) is 0 Å². The summed E-state index contributed by atoms with van der Waals surface area (Å²) in [6.07, 6.45) is 0. The molecule has 0 aliphatic carbocycles. The molecule has 0 unspecified atom stereocenters. The summed E-state index contributed by atoms with van der Waals surface area (Å²) in [5, 5.41) is 3.03. The molecule has 1 heterocycles. The van der Waals surface area contributed by atoms with Gasteiger partial charge in [-0.2, -0.15) is 0 Å². The van der Waals surface area contributed by atoms with E-state index < -0.39 is 18.5 Å². The number of ether oxygens (including phenoxy) is 2. The molecule has 3 aromatic rings. The van der Waals surface area contributed by atoms with E-state index in [2.05, 4.69) is 5.32 Å². The second kappa shape index (κ2) is 9.30. The van der Waals surface area contributed by atoms with Crippen LogP contribution < -0.4 is 10.1 Å². The second-order valence-electron chi connectivity index (χ2n) is 5.59. The van der Waals surface area contributed by atoms with Gasteiger partial charge in [-0.05, 0) is 36.4 Å². The Labute approximate surface area is 171 Å². The van der Waals surface area contributed by atoms with E-state index >= 15 is 0 Å². The molecule has 2 aromatic carbocycles. The Kier molecular flexibility index (Phi) is 6.57. The van der Waals surface area contributed by atoms with Gasteiger partial charge in [-0.25, -0.2) is 4.79 Å². The number of furan rings is 1. The van der Waals surface area contributed by atoms with Gasteiger partial charge in [0.2, 0.25) is 5.76 Å². The van der Waals surface area contributed by atoms with Crippen molar-refractivity contribution < 1.29 is 23.5 Å². The van der Waals surface area contributed by atoms with Crippen molar-refractivity contribution in [2.45, 2.75) is 6.61 Å². The average molecular weight is 420 g/mol. The molecule has 144 valence electrons. The molecule has 0 radical (unpaired) electrons. The zero-order valence-electron chi connectivity index (χ0n) is 14.5. The van der Waals surface area contributed by atoms with Crippen molar-refractivity contribution in [1.82, 2.24) is 0 Å². The first-order chi connectivity index (χ1) is 13.5. The number of amides is 1. The molecule has 0 aliphatic rings. The van der Waals surface area contributed by atoms with Crippen LogP contribution >= 0.6 is 23.2 Å². The van der Waals surface area contributed by atoms with Gasteiger partial charge in [0.1, 0.15) is 18.1 Å². The first-order valence-corrected chi connectivity index (χ1v) is 8.96. The number of nitrogens with one attached hydrogen (secondary N) is 1. The second-order valence-corrected chi connectivity index (χ2v) is 6.38. The zero-order chi connectivity index (χ0) is 19.9.